The second-order valence-corrected chi connectivity index (χ2v) is 17.2. The van der Waals surface area contributed by atoms with Gasteiger partial charge < -0.3 is 34.5 Å². The van der Waals surface area contributed by atoms with E-state index < -0.39 is 65.2 Å². The lowest BCUT2D eigenvalue weighted by atomic mass is 9.95. The zero-order valence-corrected chi connectivity index (χ0v) is 35.5. The molecule has 61 heavy (non-hydrogen) atoms. The summed E-state index contributed by atoms with van der Waals surface area (Å²) >= 11 is 0. The molecule has 12 nitrogen and oxygen atoms in total. The number of halogens is 2. The average molecular weight is 846 g/mol. The Bertz CT molecular complexity index is 2010. The Balaban J connectivity index is 0.000000232. The van der Waals surface area contributed by atoms with Gasteiger partial charge in [-0.15, -0.1) is 0 Å². The maximum Gasteiger partial charge on any atom is 0.411 e. The standard InChI is InChI=1S/C24H30F2N2O4.C23H27NO5/c1-24(2,3)32-23(30)28-14-19(31-18-7-5-4-6-8-18)13-21(28)22(29)20(27)11-15-9-16(25)12-17(26)10-15;1-23(2,3)29-22(26)24-15-19(28-18-12-8-5-9-13-18)14-20(24)21(25)27-16-17-10-6-4-7-11-17/h4-10,12,19-22,29H,11,13-14,27H2,1-3H3;4-13,19-20H,14-16H2,1-3H3/t19-,20+,21-,22+;19-,20-/m11/s1. The van der Waals surface area contributed by atoms with Crippen LogP contribution in [0.15, 0.2) is 109 Å². The number of ether oxygens (including phenoxy) is 5. The summed E-state index contributed by atoms with van der Waals surface area (Å²) in [5.41, 5.74) is 6.04. The van der Waals surface area contributed by atoms with Crippen LogP contribution in [-0.4, -0.2) is 93.8 Å². The molecular weight excluding hydrogens is 789 g/mol. The SMILES string of the molecule is CC(C)(C)OC(=O)N1C[C@H](Oc2ccccc2)C[C@@H]1C(=O)OCc1ccccc1.CC(C)(C)OC(=O)N1C[C@H](Oc2ccccc2)C[C@@H]1[C@@H](O)[C@@H](N)Cc1cc(F)cc(F)c1. The van der Waals surface area contributed by atoms with Crippen LogP contribution >= 0.6 is 0 Å². The van der Waals surface area contributed by atoms with Crippen molar-refractivity contribution in [2.45, 2.75) is 115 Å². The predicted molar refractivity (Wildman–Crippen MR) is 225 cm³/mol. The van der Waals surface area contributed by atoms with E-state index in [2.05, 4.69) is 0 Å². The number of esters is 1. The Labute approximate surface area is 356 Å². The van der Waals surface area contributed by atoms with Crippen molar-refractivity contribution in [3.63, 3.8) is 0 Å². The average Bonchev–Trinajstić information content (AvgIpc) is 3.81. The van der Waals surface area contributed by atoms with Crippen LogP contribution in [0.5, 0.6) is 11.5 Å². The van der Waals surface area contributed by atoms with Crippen LogP contribution in [-0.2, 0) is 32.0 Å². The third-order valence-electron chi connectivity index (χ3n) is 9.64. The van der Waals surface area contributed by atoms with Crippen molar-refractivity contribution >= 4 is 18.2 Å². The van der Waals surface area contributed by atoms with Gasteiger partial charge in [0.25, 0.3) is 0 Å². The van der Waals surface area contributed by atoms with E-state index in [1.807, 2.05) is 91.0 Å². The fourth-order valence-corrected chi connectivity index (χ4v) is 7.01. The Morgan fingerprint density at radius 2 is 1.15 bits per heavy atom. The van der Waals surface area contributed by atoms with Crippen molar-refractivity contribution in [3.05, 3.63) is 132 Å². The first-order valence-electron chi connectivity index (χ1n) is 20.4. The summed E-state index contributed by atoms with van der Waals surface area (Å²) in [6.07, 6.45) is -2.25. The molecule has 6 atom stereocenters. The molecule has 328 valence electrons. The van der Waals surface area contributed by atoms with Gasteiger partial charge in [0, 0.05) is 24.9 Å². The van der Waals surface area contributed by atoms with Crippen molar-refractivity contribution in [2.24, 2.45) is 5.73 Å². The van der Waals surface area contributed by atoms with Gasteiger partial charge in [-0.1, -0.05) is 66.7 Å². The topological polar surface area (TPSA) is 150 Å². The zero-order chi connectivity index (χ0) is 44.3. The van der Waals surface area contributed by atoms with Crippen LogP contribution in [0.3, 0.4) is 0 Å². The van der Waals surface area contributed by atoms with Gasteiger partial charge in [0.2, 0.25) is 0 Å². The number of amides is 2. The normalized spacial score (nSPS) is 19.8. The molecule has 0 aromatic heterocycles. The van der Waals surface area contributed by atoms with E-state index in [0.717, 1.165) is 11.6 Å². The summed E-state index contributed by atoms with van der Waals surface area (Å²) in [6.45, 7) is 11.3. The third kappa shape index (κ3) is 14.5. The monoisotopic (exact) mass is 845 g/mol. The van der Waals surface area contributed by atoms with Crippen molar-refractivity contribution < 1.29 is 52.0 Å². The lowest BCUT2D eigenvalue weighted by Gasteiger charge is -2.33. The van der Waals surface area contributed by atoms with Crippen molar-refractivity contribution in [3.8, 4) is 11.5 Å². The molecule has 0 bridgehead atoms. The molecule has 6 rings (SSSR count). The number of carbonyl (C=O) groups is 3. The highest BCUT2D eigenvalue weighted by Crippen LogP contribution is 2.29. The van der Waals surface area contributed by atoms with Crippen LogP contribution in [0.2, 0.25) is 0 Å². The summed E-state index contributed by atoms with van der Waals surface area (Å²) in [7, 11) is 0. The Hall–Kier alpha value is -5.73. The number of nitrogens with two attached hydrogens (primary N) is 1. The first-order valence-corrected chi connectivity index (χ1v) is 20.4. The van der Waals surface area contributed by atoms with Crippen LogP contribution in [0, 0.1) is 11.6 Å². The highest BCUT2D eigenvalue weighted by Gasteiger charge is 2.45. The Morgan fingerprint density at radius 1 is 0.689 bits per heavy atom. The molecule has 2 aliphatic heterocycles. The third-order valence-corrected chi connectivity index (χ3v) is 9.64. The molecular formula is C47H57F2N3O9. The Kier molecular flexibility index (Phi) is 15.7. The number of hydrogen-bond acceptors (Lipinski definition) is 10. The summed E-state index contributed by atoms with van der Waals surface area (Å²) in [5, 5.41) is 11.0. The molecule has 2 amide bonds. The number of rotatable bonds is 11. The molecule has 2 heterocycles. The second-order valence-electron chi connectivity index (χ2n) is 17.2. The van der Waals surface area contributed by atoms with Crippen LogP contribution in [0.1, 0.15) is 65.5 Å². The lowest BCUT2D eigenvalue weighted by Crippen LogP contribution is -2.52. The van der Waals surface area contributed by atoms with Gasteiger partial charge in [0.1, 0.15) is 59.2 Å². The first kappa shape index (κ1) is 46.3. The molecule has 0 unspecified atom stereocenters. The summed E-state index contributed by atoms with van der Waals surface area (Å²) in [5.74, 6) is -0.543. The van der Waals surface area contributed by atoms with E-state index in [-0.39, 0.29) is 38.3 Å². The maximum atomic E-state index is 13.5. The minimum Gasteiger partial charge on any atom is -0.489 e. The Morgan fingerprint density at radius 3 is 1.66 bits per heavy atom. The van der Waals surface area contributed by atoms with Gasteiger partial charge in [0.15, 0.2) is 0 Å². The van der Waals surface area contributed by atoms with Crippen LogP contribution < -0.4 is 15.2 Å². The van der Waals surface area contributed by atoms with E-state index in [1.165, 1.54) is 21.9 Å². The minimum absolute atomic E-state index is 0.0404. The lowest BCUT2D eigenvalue weighted by molar-refractivity contribution is -0.150. The fraction of sp³-hybridized carbons (Fsp3) is 0.426. The summed E-state index contributed by atoms with van der Waals surface area (Å²) < 4.78 is 55.5. The van der Waals surface area contributed by atoms with Crippen molar-refractivity contribution in [2.75, 3.05) is 13.1 Å². The van der Waals surface area contributed by atoms with Gasteiger partial charge in [-0.3, -0.25) is 9.80 Å². The minimum atomic E-state index is -1.15. The zero-order valence-electron chi connectivity index (χ0n) is 35.5. The second kappa shape index (κ2) is 20.7. The number of para-hydroxylation sites is 2. The van der Waals surface area contributed by atoms with E-state index in [1.54, 1.807) is 41.5 Å². The van der Waals surface area contributed by atoms with E-state index in [0.29, 0.717) is 29.9 Å². The quantitative estimate of drug-likeness (QED) is 0.113. The summed E-state index contributed by atoms with van der Waals surface area (Å²) in [6, 6.07) is 28.8. The largest absolute Gasteiger partial charge is 0.489 e. The number of likely N-dealkylation sites (tertiary alicyclic amines) is 2. The van der Waals surface area contributed by atoms with Crippen molar-refractivity contribution in [1.82, 2.24) is 9.80 Å². The van der Waals surface area contributed by atoms with Gasteiger partial charge in [0.05, 0.1) is 25.2 Å². The van der Waals surface area contributed by atoms with E-state index >= 15 is 0 Å². The molecule has 3 N–H and O–H groups in total. The first-order chi connectivity index (χ1) is 28.8. The number of hydrogen-bond donors (Lipinski definition) is 2. The van der Waals surface area contributed by atoms with Gasteiger partial charge >= 0.3 is 18.2 Å². The fourth-order valence-electron chi connectivity index (χ4n) is 7.01. The predicted octanol–water partition coefficient (Wildman–Crippen LogP) is 7.84. The van der Waals surface area contributed by atoms with Gasteiger partial charge in [-0.05, 0) is 95.5 Å². The summed E-state index contributed by atoms with van der Waals surface area (Å²) in [4.78, 5) is 41.1. The maximum absolute atomic E-state index is 13.5. The number of carbonyl (C=O) groups excluding carboxylic acids is 3. The molecule has 2 fully saturated rings. The van der Waals surface area contributed by atoms with Crippen LogP contribution in [0.4, 0.5) is 18.4 Å². The highest BCUT2D eigenvalue weighted by atomic mass is 19.1. The molecule has 4 aromatic rings. The molecule has 14 heteroatoms. The molecule has 2 aliphatic rings. The van der Waals surface area contributed by atoms with E-state index in [4.69, 9.17) is 29.4 Å². The molecule has 0 radical (unpaired) electrons. The molecule has 0 aliphatic carbocycles. The van der Waals surface area contributed by atoms with Crippen molar-refractivity contribution in [1.29, 1.82) is 0 Å². The van der Waals surface area contributed by atoms with E-state index in [9.17, 15) is 28.3 Å². The van der Waals surface area contributed by atoms with Crippen LogP contribution in [0.25, 0.3) is 0 Å². The number of aliphatic hydroxyl groups is 1. The number of aliphatic hydroxyl groups excluding tert-OH is 1. The smallest absolute Gasteiger partial charge is 0.411 e. The molecule has 0 spiro atoms. The molecule has 0 saturated carbocycles. The number of benzene rings is 4. The molecule has 4 aromatic carbocycles. The molecule has 2 saturated heterocycles. The van der Waals surface area contributed by atoms with Gasteiger partial charge in [-0.25, -0.2) is 23.2 Å². The highest BCUT2D eigenvalue weighted by molar-refractivity contribution is 5.82. The number of nitrogens with zero attached hydrogens (tertiary/aromatic N) is 2. The van der Waals surface area contributed by atoms with Gasteiger partial charge in [-0.2, -0.15) is 0 Å².